The summed E-state index contributed by atoms with van der Waals surface area (Å²) >= 11 is 0. The first kappa shape index (κ1) is 15.3. The zero-order valence-electron chi connectivity index (χ0n) is 9.93. The predicted octanol–water partition coefficient (Wildman–Crippen LogP) is -0.279. The number of nitrogens with one attached hydrogen (secondary N) is 1. The third-order valence-electron chi connectivity index (χ3n) is 2.43. The lowest BCUT2D eigenvalue weighted by Gasteiger charge is -2.15. The molecule has 7 heteroatoms. The highest BCUT2D eigenvalue weighted by molar-refractivity contribution is 7.88. The van der Waals surface area contributed by atoms with Crippen LogP contribution in [0.2, 0.25) is 0 Å². The fourth-order valence-electron chi connectivity index (χ4n) is 1.24. The van der Waals surface area contributed by atoms with Gasteiger partial charge in [-0.15, -0.1) is 0 Å². The van der Waals surface area contributed by atoms with Gasteiger partial charge in [-0.25, -0.2) is 12.7 Å². The normalized spacial score (nSPS) is 14.0. The molecular weight excluding hydrogens is 232 g/mol. The van der Waals surface area contributed by atoms with Gasteiger partial charge in [0.05, 0.1) is 6.26 Å². The average molecular weight is 252 g/mol. The maximum absolute atomic E-state index is 11.0. The Morgan fingerprint density at radius 3 is 2.38 bits per heavy atom. The molecule has 0 spiro atoms. The van der Waals surface area contributed by atoms with Gasteiger partial charge < -0.3 is 10.4 Å². The predicted molar refractivity (Wildman–Crippen MR) is 61.8 cm³/mol. The Kier molecular flexibility index (Phi) is 6.54. The number of carboxylic acids is 1. The third-order valence-corrected chi connectivity index (χ3v) is 3.74. The van der Waals surface area contributed by atoms with Crippen LogP contribution in [0.5, 0.6) is 0 Å². The molecule has 0 aliphatic rings. The van der Waals surface area contributed by atoms with E-state index in [0.717, 1.165) is 6.26 Å². The van der Waals surface area contributed by atoms with Crippen molar-refractivity contribution in [3.63, 3.8) is 0 Å². The zero-order valence-corrected chi connectivity index (χ0v) is 10.7. The standard InChI is InChI=1S/C9H20N2O4S/c1-10-8(9(12)13)6-4-5-7-11(2)16(3,14)15/h8,10H,4-7H2,1-3H3,(H,12,13)/t8-/m0/s1. The largest absolute Gasteiger partial charge is 0.480 e. The summed E-state index contributed by atoms with van der Waals surface area (Å²) in [6, 6.07) is -0.552. The maximum atomic E-state index is 11.0. The lowest BCUT2D eigenvalue weighted by atomic mass is 10.1. The number of hydrogen-bond acceptors (Lipinski definition) is 4. The number of carboxylic acid groups (broad SMARTS) is 1. The van der Waals surface area contributed by atoms with Crippen LogP contribution in [-0.4, -0.2) is 56.7 Å². The molecule has 0 bridgehead atoms. The third kappa shape index (κ3) is 6.04. The monoisotopic (exact) mass is 252 g/mol. The fourth-order valence-corrected chi connectivity index (χ4v) is 1.70. The Morgan fingerprint density at radius 1 is 1.44 bits per heavy atom. The average Bonchev–Trinajstić information content (AvgIpc) is 2.15. The van der Waals surface area contributed by atoms with Crippen molar-refractivity contribution in [3.05, 3.63) is 0 Å². The molecule has 6 nitrogen and oxygen atoms in total. The summed E-state index contributed by atoms with van der Waals surface area (Å²) in [4.78, 5) is 10.6. The van der Waals surface area contributed by atoms with Crippen LogP contribution in [0.15, 0.2) is 0 Å². The highest BCUT2D eigenvalue weighted by Gasteiger charge is 2.15. The number of sulfonamides is 1. The van der Waals surface area contributed by atoms with Gasteiger partial charge in [-0.1, -0.05) is 0 Å². The van der Waals surface area contributed by atoms with Crippen molar-refractivity contribution < 1.29 is 18.3 Å². The summed E-state index contributed by atoms with van der Waals surface area (Å²) in [7, 11) is -0.00946. The summed E-state index contributed by atoms with van der Waals surface area (Å²) in [6.07, 6.45) is 3.00. The molecule has 0 unspecified atom stereocenters. The number of rotatable bonds is 8. The highest BCUT2D eigenvalue weighted by Crippen LogP contribution is 2.03. The van der Waals surface area contributed by atoms with E-state index in [2.05, 4.69) is 5.32 Å². The molecular formula is C9H20N2O4S. The minimum atomic E-state index is -3.12. The van der Waals surface area contributed by atoms with Crippen molar-refractivity contribution in [1.82, 2.24) is 9.62 Å². The molecule has 0 rings (SSSR count). The van der Waals surface area contributed by atoms with E-state index >= 15 is 0 Å². The second-order valence-corrected chi connectivity index (χ2v) is 5.85. The second kappa shape index (κ2) is 6.82. The van der Waals surface area contributed by atoms with Gasteiger partial charge in [-0.3, -0.25) is 4.79 Å². The minimum Gasteiger partial charge on any atom is -0.480 e. The molecule has 0 aliphatic carbocycles. The first-order valence-corrected chi connectivity index (χ1v) is 6.95. The van der Waals surface area contributed by atoms with Crippen LogP contribution in [0.4, 0.5) is 0 Å². The zero-order chi connectivity index (χ0) is 12.8. The summed E-state index contributed by atoms with van der Waals surface area (Å²) < 4.78 is 23.4. The van der Waals surface area contributed by atoms with E-state index < -0.39 is 22.0 Å². The quantitative estimate of drug-likeness (QED) is 0.580. The summed E-state index contributed by atoms with van der Waals surface area (Å²) in [6.45, 7) is 0.425. The van der Waals surface area contributed by atoms with Crippen LogP contribution in [-0.2, 0) is 14.8 Å². The van der Waals surface area contributed by atoms with Crippen LogP contribution in [0.25, 0.3) is 0 Å². The van der Waals surface area contributed by atoms with E-state index in [-0.39, 0.29) is 0 Å². The molecule has 1 atom stereocenters. The first-order chi connectivity index (χ1) is 7.29. The van der Waals surface area contributed by atoms with Crippen LogP contribution < -0.4 is 5.32 Å². The Hall–Kier alpha value is -0.660. The van der Waals surface area contributed by atoms with E-state index in [1.807, 2.05) is 0 Å². The molecule has 2 N–H and O–H groups in total. The topological polar surface area (TPSA) is 86.7 Å². The minimum absolute atomic E-state index is 0.425. The second-order valence-electron chi connectivity index (χ2n) is 3.76. The Labute approximate surface area is 96.7 Å². The molecule has 0 heterocycles. The smallest absolute Gasteiger partial charge is 0.320 e. The van der Waals surface area contributed by atoms with Gasteiger partial charge in [0.2, 0.25) is 10.0 Å². The maximum Gasteiger partial charge on any atom is 0.320 e. The summed E-state index contributed by atoms with van der Waals surface area (Å²) in [5, 5.41) is 11.4. The number of likely N-dealkylation sites (N-methyl/N-ethyl adjacent to an activating group) is 1. The van der Waals surface area contributed by atoms with E-state index in [0.29, 0.717) is 25.8 Å². The lowest BCUT2D eigenvalue weighted by Crippen LogP contribution is -2.34. The van der Waals surface area contributed by atoms with Gasteiger partial charge in [-0.05, 0) is 26.3 Å². The summed E-state index contributed by atoms with van der Waals surface area (Å²) in [5.41, 5.74) is 0. The van der Waals surface area contributed by atoms with Crippen molar-refractivity contribution in [2.75, 3.05) is 26.9 Å². The van der Waals surface area contributed by atoms with Crippen LogP contribution in [0, 0.1) is 0 Å². The summed E-state index contributed by atoms with van der Waals surface area (Å²) in [5.74, 6) is -0.876. The molecule has 0 aliphatic heterocycles. The SMILES string of the molecule is CN[C@@H](CCCCN(C)S(C)(=O)=O)C(=O)O. The van der Waals surface area contributed by atoms with Gasteiger partial charge in [0, 0.05) is 13.6 Å². The number of aliphatic carboxylic acids is 1. The van der Waals surface area contributed by atoms with Gasteiger partial charge in [-0.2, -0.15) is 0 Å². The number of unbranched alkanes of at least 4 members (excludes halogenated alkanes) is 1. The van der Waals surface area contributed by atoms with Crippen LogP contribution >= 0.6 is 0 Å². The van der Waals surface area contributed by atoms with Crippen molar-refractivity contribution in [2.45, 2.75) is 25.3 Å². The van der Waals surface area contributed by atoms with Crippen LogP contribution in [0.3, 0.4) is 0 Å². The lowest BCUT2D eigenvalue weighted by molar-refractivity contribution is -0.139. The van der Waals surface area contributed by atoms with Gasteiger partial charge in [0.15, 0.2) is 0 Å². The van der Waals surface area contributed by atoms with Crippen molar-refractivity contribution in [1.29, 1.82) is 0 Å². The Morgan fingerprint density at radius 2 is 2.00 bits per heavy atom. The van der Waals surface area contributed by atoms with Gasteiger partial charge >= 0.3 is 5.97 Å². The molecule has 0 aromatic heterocycles. The van der Waals surface area contributed by atoms with E-state index in [4.69, 9.17) is 5.11 Å². The number of carbonyl (C=O) groups is 1. The van der Waals surface area contributed by atoms with Gasteiger partial charge in [0.25, 0.3) is 0 Å². The van der Waals surface area contributed by atoms with Crippen molar-refractivity contribution in [3.8, 4) is 0 Å². The molecule has 0 amide bonds. The van der Waals surface area contributed by atoms with Crippen molar-refractivity contribution in [2.24, 2.45) is 0 Å². The molecule has 0 fully saturated rings. The fraction of sp³-hybridized carbons (Fsp3) is 0.889. The van der Waals surface area contributed by atoms with E-state index in [9.17, 15) is 13.2 Å². The number of hydrogen-bond donors (Lipinski definition) is 2. The Balaban J connectivity index is 3.80. The molecule has 0 saturated heterocycles. The molecule has 0 radical (unpaired) electrons. The number of nitrogens with zero attached hydrogens (tertiary/aromatic N) is 1. The first-order valence-electron chi connectivity index (χ1n) is 5.10. The molecule has 0 aromatic rings. The Bertz CT molecular complexity index is 315. The molecule has 96 valence electrons. The van der Waals surface area contributed by atoms with Crippen molar-refractivity contribution >= 4 is 16.0 Å². The molecule has 0 aromatic carbocycles. The van der Waals surface area contributed by atoms with Crippen LogP contribution in [0.1, 0.15) is 19.3 Å². The molecule has 16 heavy (non-hydrogen) atoms. The van der Waals surface area contributed by atoms with Gasteiger partial charge in [0.1, 0.15) is 6.04 Å². The van der Waals surface area contributed by atoms with E-state index in [1.54, 1.807) is 7.05 Å². The van der Waals surface area contributed by atoms with E-state index in [1.165, 1.54) is 11.4 Å². The highest BCUT2D eigenvalue weighted by atomic mass is 32.2. The molecule has 0 saturated carbocycles.